The fourth-order valence-corrected chi connectivity index (χ4v) is 2.96. The van der Waals surface area contributed by atoms with Crippen LogP contribution in [0.4, 0.5) is 10.8 Å². The van der Waals surface area contributed by atoms with Gasteiger partial charge < -0.3 is 15.2 Å². The highest BCUT2D eigenvalue weighted by atomic mass is 32.1. The molecule has 0 saturated carbocycles. The summed E-state index contributed by atoms with van der Waals surface area (Å²) in [6, 6.07) is 2.62. The summed E-state index contributed by atoms with van der Waals surface area (Å²) < 4.78 is 10.2. The fraction of sp³-hybridized carbons (Fsp3) is 0.267. The third-order valence-corrected chi connectivity index (χ3v) is 4.28. The summed E-state index contributed by atoms with van der Waals surface area (Å²) in [5.74, 6) is -0.100. The highest BCUT2D eigenvalue weighted by Gasteiger charge is 2.19. The number of carbonyl (C=O) groups excluding carboxylic acids is 1. The number of benzene rings is 1. The van der Waals surface area contributed by atoms with Crippen LogP contribution in [0.2, 0.25) is 0 Å². The zero-order valence-electron chi connectivity index (χ0n) is 14.3. The molecule has 0 spiro atoms. The lowest BCUT2D eigenvalue weighted by atomic mass is 10.1. The van der Waals surface area contributed by atoms with Gasteiger partial charge in [0.1, 0.15) is 10.6 Å². The van der Waals surface area contributed by atoms with Crippen molar-refractivity contribution in [2.45, 2.75) is 13.3 Å². The number of hydrazone groups is 1. The van der Waals surface area contributed by atoms with Crippen molar-refractivity contribution in [2.24, 2.45) is 5.10 Å². The second kappa shape index (κ2) is 8.25. The maximum absolute atomic E-state index is 12.2. The predicted molar refractivity (Wildman–Crippen MR) is 97.2 cm³/mol. The molecule has 1 aromatic heterocycles. The van der Waals surface area contributed by atoms with Crippen molar-refractivity contribution in [1.82, 2.24) is 10.4 Å². The topological polar surface area (TPSA) is 142 Å². The van der Waals surface area contributed by atoms with Crippen molar-refractivity contribution in [3.63, 3.8) is 0 Å². The van der Waals surface area contributed by atoms with E-state index >= 15 is 0 Å². The molecule has 0 aliphatic rings. The van der Waals surface area contributed by atoms with Gasteiger partial charge in [0.05, 0.1) is 31.1 Å². The van der Waals surface area contributed by atoms with E-state index in [0.717, 1.165) is 11.3 Å². The molecule has 0 fully saturated rings. The number of nitro groups is 1. The molecule has 1 amide bonds. The minimum Gasteiger partial charge on any atom is -0.496 e. The van der Waals surface area contributed by atoms with Gasteiger partial charge in [-0.25, -0.2) is 10.4 Å². The lowest BCUT2D eigenvalue weighted by Gasteiger charge is -2.08. The smallest absolute Gasteiger partial charge is 0.311 e. The monoisotopic (exact) mass is 379 g/mol. The van der Waals surface area contributed by atoms with Gasteiger partial charge in [0.25, 0.3) is 5.91 Å². The summed E-state index contributed by atoms with van der Waals surface area (Å²) in [4.78, 5) is 27.2. The maximum Gasteiger partial charge on any atom is 0.311 e. The van der Waals surface area contributed by atoms with Crippen molar-refractivity contribution in [3.05, 3.63) is 38.4 Å². The number of hydrogen-bond donors (Lipinski definition) is 2. The average Bonchev–Trinajstić information content (AvgIpc) is 3.01. The number of anilines is 1. The van der Waals surface area contributed by atoms with E-state index in [1.807, 2.05) is 6.92 Å². The molecule has 11 heteroatoms. The first-order valence-corrected chi connectivity index (χ1v) is 8.21. The van der Waals surface area contributed by atoms with Gasteiger partial charge in [-0.3, -0.25) is 14.9 Å². The van der Waals surface area contributed by atoms with Gasteiger partial charge in [0, 0.05) is 17.7 Å². The van der Waals surface area contributed by atoms with E-state index in [0.29, 0.717) is 33.4 Å². The van der Waals surface area contributed by atoms with Gasteiger partial charge in [-0.1, -0.05) is 18.3 Å². The van der Waals surface area contributed by atoms with Crippen LogP contribution in [0.25, 0.3) is 0 Å². The van der Waals surface area contributed by atoms with E-state index in [1.165, 1.54) is 32.6 Å². The van der Waals surface area contributed by atoms with Gasteiger partial charge in [0.15, 0.2) is 5.13 Å². The van der Waals surface area contributed by atoms with E-state index in [-0.39, 0.29) is 11.4 Å². The molecule has 0 aliphatic heterocycles. The molecule has 0 aliphatic carbocycles. The van der Waals surface area contributed by atoms with Crippen molar-refractivity contribution in [3.8, 4) is 11.5 Å². The van der Waals surface area contributed by atoms with Gasteiger partial charge >= 0.3 is 5.69 Å². The summed E-state index contributed by atoms with van der Waals surface area (Å²) in [6.45, 7) is 1.86. The van der Waals surface area contributed by atoms with Crippen molar-refractivity contribution in [1.29, 1.82) is 0 Å². The first-order valence-electron chi connectivity index (χ1n) is 7.40. The summed E-state index contributed by atoms with van der Waals surface area (Å²) in [5, 5.41) is 15.3. The van der Waals surface area contributed by atoms with Crippen LogP contribution in [-0.2, 0) is 6.42 Å². The Labute approximate surface area is 152 Å². The third kappa shape index (κ3) is 4.06. The fourth-order valence-electron chi connectivity index (χ4n) is 2.15. The molecule has 0 saturated heterocycles. The maximum atomic E-state index is 12.2. The molecule has 0 atom stereocenters. The second-order valence-corrected chi connectivity index (χ2v) is 5.93. The summed E-state index contributed by atoms with van der Waals surface area (Å²) >= 11 is 1.06. The minimum atomic E-state index is -0.582. The lowest BCUT2D eigenvalue weighted by Crippen LogP contribution is -2.18. The van der Waals surface area contributed by atoms with Crippen LogP contribution in [0.1, 0.15) is 27.9 Å². The number of nitrogens with two attached hydrogens (primary N) is 1. The number of nitrogen functional groups attached to an aromatic ring is 1. The van der Waals surface area contributed by atoms with Crippen LogP contribution in [0, 0.1) is 10.1 Å². The van der Waals surface area contributed by atoms with Crippen LogP contribution in [0.15, 0.2) is 17.2 Å². The van der Waals surface area contributed by atoms with Gasteiger partial charge in [-0.15, -0.1) is 0 Å². The van der Waals surface area contributed by atoms with Crippen LogP contribution in [-0.4, -0.2) is 36.2 Å². The van der Waals surface area contributed by atoms with Crippen molar-refractivity contribution >= 4 is 34.3 Å². The highest BCUT2D eigenvalue weighted by Crippen LogP contribution is 2.33. The standard InChI is InChI=1S/C15H17N5O5S/c1-4-9-13(26-15(16)18-9)14(21)19-17-7-8-5-10(20(22)23)12(25-3)6-11(8)24-2/h5-7H,4H2,1-3H3,(H2,16,18)(H,19,21)/b17-7-. The zero-order chi connectivity index (χ0) is 19.3. The number of rotatable bonds is 7. The van der Waals surface area contributed by atoms with Crippen LogP contribution in [0.5, 0.6) is 11.5 Å². The first-order chi connectivity index (χ1) is 12.4. The van der Waals surface area contributed by atoms with E-state index in [1.54, 1.807) is 0 Å². The van der Waals surface area contributed by atoms with E-state index in [2.05, 4.69) is 15.5 Å². The SMILES string of the molecule is CCc1nc(N)sc1C(=O)N/N=C\c1cc([N+](=O)[O-])c(OC)cc1OC. The Morgan fingerprint density at radius 2 is 2.12 bits per heavy atom. The van der Waals surface area contributed by atoms with Crippen LogP contribution >= 0.6 is 11.3 Å². The molecular weight excluding hydrogens is 362 g/mol. The Balaban J connectivity index is 2.25. The normalized spacial score (nSPS) is 10.7. The van der Waals surface area contributed by atoms with Crippen molar-refractivity contribution < 1.29 is 19.2 Å². The Kier molecular flexibility index (Phi) is 6.07. The number of methoxy groups -OCH3 is 2. The molecule has 0 radical (unpaired) electrons. The number of carbonyl (C=O) groups is 1. The molecule has 2 rings (SSSR count). The average molecular weight is 379 g/mol. The Morgan fingerprint density at radius 1 is 1.42 bits per heavy atom. The van der Waals surface area contributed by atoms with E-state index in [9.17, 15) is 14.9 Å². The minimum absolute atomic E-state index is 0.0563. The van der Waals surface area contributed by atoms with Gasteiger partial charge in [0.2, 0.25) is 5.75 Å². The molecular formula is C15H17N5O5S. The number of nitrogens with zero attached hydrogens (tertiary/aromatic N) is 3. The van der Waals surface area contributed by atoms with Crippen LogP contribution < -0.4 is 20.6 Å². The number of hydrogen-bond acceptors (Lipinski definition) is 9. The van der Waals surface area contributed by atoms with Gasteiger partial charge in [-0.2, -0.15) is 5.10 Å². The Bertz CT molecular complexity index is 864. The predicted octanol–water partition coefficient (Wildman–Crippen LogP) is 1.98. The molecule has 1 heterocycles. The molecule has 10 nitrogen and oxygen atoms in total. The number of nitrogens with one attached hydrogen (secondary N) is 1. The molecule has 2 aromatic rings. The quantitative estimate of drug-likeness (QED) is 0.425. The largest absolute Gasteiger partial charge is 0.496 e. The summed E-state index contributed by atoms with van der Waals surface area (Å²) in [6.07, 6.45) is 1.80. The number of ether oxygens (including phenoxy) is 2. The third-order valence-electron chi connectivity index (χ3n) is 3.35. The molecule has 0 bridgehead atoms. The molecule has 0 unspecified atom stereocenters. The Morgan fingerprint density at radius 3 is 2.69 bits per heavy atom. The zero-order valence-corrected chi connectivity index (χ0v) is 15.1. The number of aryl methyl sites for hydroxylation is 1. The van der Waals surface area contributed by atoms with E-state index < -0.39 is 10.8 Å². The summed E-state index contributed by atoms with van der Waals surface area (Å²) in [7, 11) is 2.73. The number of amides is 1. The van der Waals surface area contributed by atoms with Crippen LogP contribution in [0.3, 0.4) is 0 Å². The first kappa shape index (κ1) is 19.1. The lowest BCUT2D eigenvalue weighted by molar-refractivity contribution is -0.385. The van der Waals surface area contributed by atoms with Gasteiger partial charge in [-0.05, 0) is 6.42 Å². The van der Waals surface area contributed by atoms with E-state index in [4.69, 9.17) is 15.2 Å². The number of aromatic nitrogens is 1. The molecule has 26 heavy (non-hydrogen) atoms. The highest BCUT2D eigenvalue weighted by molar-refractivity contribution is 7.17. The Hall–Kier alpha value is -3.21. The van der Waals surface area contributed by atoms with Crippen molar-refractivity contribution in [2.75, 3.05) is 20.0 Å². The number of nitro benzene ring substituents is 1. The summed E-state index contributed by atoms with van der Waals surface area (Å²) in [5.41, 5.74) is 8.61. The molecule has 3 N–H and O–H groups in total. The molecule has 1 aromatic carbocycles. The molecule has 138 valence electrons. The second-order valence-electron chi connectivity index (χ2n) is 4.90. The number of thiazole rings is 1.